The summed E-state index contributed by atoms with van der Waals surface area (Å²) in [6.45, 7) is 0. The largest absolute Gasteiger partial charge is 0.291 e. The van der Waals surface area contributed by atoms with Crippen LogP contribution < -0.4 is 10.1 Å². The van der Waals surface area contributed by atoms with Crippen molar-refractivity contribution >= 4 is 46.1 Å². The third-order valence-corrected chi connectivity index (χ3v) is 6.80. The van der Waals surface area contributed by atoms with Gasteiger partial charge in [0.05, 0.1) is 10.2 Å². The highest BCUT2D eigenvalue weighted by Gasteiger charge is 2.14. The molecule has 3 heterocycles. The number of fused-ring (bicyclic) bond motifs is 1. The Bertz CT molecular complexity index is 1800. The van der Waals surface area contributed by atoms with Crippen molar-refractivity contribution in [2.24, 2.45) is 0 Å². The van der Waals surface area contributed by atoms with E-state index in [9.17, 15) is 4.79 Å². The van der Waals surface area contributed by atoms with Gasteiger partial charge in [0.1, 0.15) is 5.69 Å². The van der Waals surface area contributed by atoms with E-state index in [-0.39, 0.29) is 5.56 Å². The van der Waals surface area contributed by atoms with Crippen LogP contribution in [0.5, 0.6) is 0 Å². The van der Waals surface area contributed by atoms with Gasteiger partial charge in [-0.1, -0.05) is 89.7 Å². The minimum atomic E-state index is -0.212. The molecule has 174 valence electrons. The molecule has 0 amide bonds. The van der Waals surface area contributed by atoms with Crippen molar-refractivity contribution in [1.82, 2.24) is 24.4 Å². The molecule has 8 heteroatoms. The maximum atomic E-state index is 13.2. The van der Waals surface area contributed by atoms with Crippen LogP contribution in [0.15, 0.2) is 95.9 Å². The number of para-hydroxylation sites is 1. The highest BCUT2D eigenvalue weighted by Crippen LogP contribution is 2.26. The second-order valence-electron chi connectivity index (χ2n) is 8.04. The Labute approximate surface area is 215 Å². The molecule has 3 aromatic carbocycles. The number of hydrogen-bond donors (Lipinski definition) is 0. The van der Waals surface area contributed by atoms with E-state index in [0.717, 1.165) is 28.1 Å². The summed E-state index contributed by atoms with van der Waals surface area (Å²) in [7, 11) is 0. The molecule has 0 radical (unpaired) electrons. The monoisotopic (exact) mass is 507 g/mol. The van der Waals surface area contributed by atoms with Crippen LogP contribution >= 0.6 is 22.9 Å². The van der Waals surface area contributed by atoms with Crippen LogP contribution in [0.1, 0.15) is 17.0 Å². The third kappa shape index (κ3) is 4.37. The fraction of sp³-hybridized carbons (Fsp3) is 0. The van der Waals surface area contributed by atoms with Crippen molar-refractivity contribution in [3.63, 3.8) is 0 Å². The maximum absolute atomic E-state index is 13.2. The minimum Gasteiger partial charge on any atom is -0.266 e. The van der Waals surface area contributed by atoms with E-state index in [1.807, 2.05) is 108 Å². The first-order valence-electron chi connectivity index (χ1n) is 11.2. The molecule has 0 atom stereocenters. The normalized spacial score (nSPS) is 12.2. The lowest BCUT2D eigenvalue weighted by atomic mass is 10.1. The number of nitrogens with zero attached hydrogens (tertiary/aromatic N) is 5. The number of aromatic nitrogens is 5. The van der Waals surface area contributed by atoms with Crippen LogP contribution in [0.4, 0.5) is 0 Å². The highest BCUT2D eigenvalue weighted by molar-refractivity contribution is 7.15. The number of rotatable bonds is 5. The summed E-state index contributed by atoms with van der Waals surface area (Å²) < 4.78 is 3.69. The molecule has 6 nitrogen and oxygen atoms in total. The zero-order valence-electron chi connectivity index (χ0n) is 18.8. The minimum absolute atomic E-state index is 0.212. The van der Waals surface area contributed by atoms with Gasteiger partial charge < -0.3 is 0 Å². The average molecular weight is 508 g/mol. The maximum Gasteiger partial charge on any atom is 0.291 e. The van der Waals surface area contributed by atoms with Gasteiger partial charge in [-0.05, 0) is 42.0 Å². The predicted octanol–water partition coefficient (Wildman–Crippen LogP) is 5.38. The van der Waals surface area contributed by atoms with Crippen LogP contribution in [0.2, 0.25) is 5.02 Å². The van der Waals surface area contributed by atoms with Gasteiger partial charge in [0.25, 0.3) is 5.56 Å². The fourth-order valence-corrected chi connectivity index (χ4v) is 4.87. The molecule has 0 saturated carbocycles. The molecule has 0 aliphatic rings. The Hall–Kier alpha value is -4.33. The van der Waals surface area contributed by atoms with Crippen molar-refractivity contribution in [3.05, 3.63) is 128 Å². The zero-order chi connectivity index (χ0) is 24.5. The molecule has 0 spiro atoms. The van der Waals surface area contributed by atoms with Gasteiger partial charge in [-0.3, -0.25) is 4.79 Å². The number of benzene rings is 3. The van der Waals surface area contributed by atoms with Crippen LogP contribution in [0.25, 0.3) is 40.1 Å². The number of thiazole rings is 1. The van der Waals surface area contributed by atoms with Crippen molar-refractivity contribution < 1.29 is 0 Å². The predicted molar refractivity (Wildman–Crippen MR) is 145 cm³/mol. The summed E-state index contributed by atoms with van der Waals surface area (Å²) in [6, 6.07) is 27.2. The lowest BCUT2D eigenvalue weighted by Gasteiger charge is -2.00. The lowest BCUT2D eigenvalue weighted by molar-refractivity contribution is 0.884. The number of hydrogen-bond acceptors (Lipinski definition) is 5. The Morgan fingerprint density at radius 3 is 2.28 bits per heavy atom. The zero-order valence-corrected chi connectivity index (χ0v) is 20.4. The first-order chi connectivity index (χ1) is 17.6. The van der Waals surface area contributed by atoms with Gasteiger partial charge in [0.2, 0.25) is 4.96 Å². The van der Waals surface area contributed by atoms with Crippen LogP contribution in [-0.2, 0) is 0 Å². The summed E-state index contributed by atoms with van der Waals surface area (Å²) in [5.74, 6) is 0.493. The molecule has 0 saturated heterocycles. The van der Waals surface area contributed by atoms with E-state index in [1.54, 1.807) is 6.08 Å². The van der Waals surface area contributed by atoms with E-state index in [0.29, 0.717) is 20.3 Å². The van der Waals surface area contributed by atoms with Crippen LogP contribution in [0.3, 0.4) is 0 Å². The Morgan fingerprint density at radius 1 is 0.833 bits per heavy atom. The van der Waals surface area contributed by atoms with Gasteiger partial charge in [0, 0.05) is 22.3 Å². The molecule has 0 unspecified atom stereocenters. The molecule has 0 bridgehead atoms. The van der Waals surface area contributed by atoms with Crippen molar-refractivity contribution in [3.8, 4) is 16.9 Å². The Morgan fingerprint density at radius 2 is 1.56 bits per heavy atom. The van der Waals surface area contributed by atoms with Crippen LogP contribution in [-0.4, -0.2) is 24.4 Å². The second-order valence-corrected chi connectivity index (χ2v) is 9.49. The molecular weight excluding hydrogens is 490 g/mol. The molecule has 36 heavy (non-hydrogen) atoms. The molecular formula is C28H18ClN5OS. The topological polar surface area (TPSA) is 65.1 Å². The SMILES string of the molecule is O=c1/c(=C/c2cn(-c3ccccc3)nc2-c2ccc(Cl)cc2)sc2nc(/C=C/c3ccccc3)nn12. The highest BCUT2D eigenvalue weighted by atomic mass is 35.5. The Balaban J connectivity index is 1.42. The average Bonchev–Trinajstić information content (AvgIpc) is 3.59. The smallest absolute Gasteiger partial charge is 0.266 e. The number of halogens is 1. The summed E-state index contributed by atoms with van der Waals surface area (Å²) in [6.07, 6.45) is 7.50. The van der Waals surface area contributed by atoms with Gasteiger partial charge in [-0.2, -0.15) is 14.6 Å². The molecule has 6 rings (SSSR count). The molecule has 6 aromatic rings. The third-order valence-electron chi connectivity index (χ3n) is 5.59. The molecule has 0 aliphatic heterocycles. The van der Waals surface area contributed by atoms with E-state index < -0.39 is 0 Å². The van der Waals surface area contributed by atoms with Gasteiger partial charge in [-0.25, -0.2) is 4.68 Å². The van der Waals surface area contributed by atoms with E-state index in [2.05, 4.69) is 10.1 Å². The van der Waals surface area contributed by atoms with Gasteiger partial charge in [-0.15, -0.1) is 5.10 Å². The standard InChI is InChI=1S/C28H18ClN5OS/c29-22-14-12-20(13-15-22)26-21(18-33(32-26)23-9-5-2-6-10-23)17-24-27(35)34-28(36-24)30-25(31-34)16-11-19-7-3-1-4-8-19/h1-18H/b16-11+,24-17-. The summed E-state index contributed by atoms with van der Waals surface area (Å²) in [5.41, 5.74) is 4.22. The molecule has 0 N–H and O–H groups in total. The molecule has 0 fully saturated rings. The van der Waals surface area contributed by atoms with Crippen molar-refractivity contribution in [2.45, 2.75) is 0 Å². The summed E-state index contributed by atoms with van der Waals surface area (Å²) >= 11 is 7.40. The van der Waals surface area contributed by atoms with E-state index in [1.165, 1.54) is 15.9 Å². The van der Waals surface area contributed by atoms with E-state index >= 15 is 0 Å². The van der Waals surface area contributed by atoms with Gasteiger partial charge in [0.15, 0.2) is 5.82 Å². The lowest BCUT2D eigenvalue weighted by Crippen LogP contribution is -2.23. The Kier molecular flexibility index (Phi) is 5.77. The van der Waals surface area contributed by atoms with Gasteiger partial charge >= 0.3 is 0 Å². The van der Waals surface area contributed by atoms with Crippen molar-refractivity contribution in [2.75, 3.05) is 0 Å². The first kappa shape index (κ1) is 22.2. The molecule has 3 aromatic heterocycles. The van der Waals surface area contributed by atoms with E-state index in [4.69, 9.17) is 16.7 Å². The second kappa shape index (κ2) is 9.37. The van der Waals surface area contributed by atoms with Crippen LogP contribution in [0, 0.1) is 0 Å². The fourth-order valence-electron chi connectivity index (χ4n) is 3.83. The summed E-state index contributed by atoms with van der Waals surface area (Å²) in [4.78, 5) is 18.2. The summed E-state index contributed by atoms with van der Waals surface area (Å²) in [5, 5.41) is 9.86. The molecule has 0 aliphatic carbocycles. The first-order valence-corrected chi connectivity index (χ1v) is 12.4. The van der Waals surface area contributed by atoms with Crippen molar-refractivity contribution in [1.29, 1.82) is 0 Å². The quantitative estimate of drug-likeness (QED) is 0.314.